The van der Waals surface area contributed by atoms with Crippen LogP contribution in [0.1, 0.15) is 5.56 Å². The SMILES string of the molecule is CN(c1cccc(S(C)(=O)=O)c1)c1cc(-c2ccccc2CO)ncn1. The molecule has 0 amide bonds. The molecule has 3 aromatic rings. The lowest BCUT2D eigenvalue weighted by atomic mass is 10.0. The van der Waals surface area contributed by atoms with Crippen molar-refractivity contribution in [3.8, 4) is 11.3 Å². The van der Waals surface area contributed by atoms with E-state index in [1.807, 2.05) is 43.4 Å². The Bertz CT molecular complexity index is 1040. The van der Waals surface area contributed by atoms with E-state index in [0.29, 0.717) is 17.2 Å². The zero-order chi connectivity index (χ0) is 18.7. The summed E-state index contributed by atoms with van der Waals surface area (Å²) >= 11 is 0. The van der Waals surface area contributed by atoms with Gasteiger partial charge in [-0.15, -0.1) is 0 Å². The summed E-state index contributed by atoms with van der Waals surface area (Å²) in [5, 5.41) is 9.53. The third-order valence-electron chi connectivity index (χ3n) is 4.09. The van der Waals surface area contributed by atoms with Gasteiger partial charge >= 0.3 is 0 Å². The van der Waals surface area contributed by atoms with Crippen LogP contribution in [0.25, 0.3) is 11.3 Å². The van der Waals surface area contributed by atoms with Crippen LogP contribution in [0.5, 0.6) is 0 Å². The molecule has 7 heteroatoms. The topological polar surface area (TPSA) is 83.4 Å². The minimum absolute atomic E-state index is 0.0816. The van der Waals surface area contributed by atoms with Gasteiger partial charge in [-0.2, -0.15) is 0 Å². The Morgan fingerprint density at radius 3 is 2.54 bits per heavy atom. The first-order chi connectivity index (χ1) is 12.4. The van der Waals surface area contributed by atoms with Crippen LogP contribution in [-0.2, 0) is 16.4 Å². The molecule has 0 aliphatic heterocycles. The second-order valence-corrected chi connectivity index (χ2v) is 7.92. The average Bonchev–Trinajstić information content (AvgIpc) is 2.67. The number of nitrogens with zero attached hydrogens (tertiary/aromatic N) is 3. The molecule has 3 rings (SSSR count). The summed E-state index contributed by atoms with van der Waals surface area (Å²) in [6, 6.07) is 16.0. The van der Waals surface area contributed by atoms with Crippen molar-refractivity contribution in [3.63, 3.8) is 0 Å². The standard InChI is InChI=1S/C19H19N3O3S/c1-22(15-7-5-8-16(10-15)26(2,24)25)19-11-18(20-13-21-19)17-9-4-3-6-14(17)12-23/h3-11,13,23H,12H2,1-2H3. The fourth-order valence-corrected chi connectivity index (χ4v) is 3.30. The molecule has 1 N–H and O–H groups in total. The van der Waals surface area contributed by atoms with Gasteiger partial charge in [0.2, 0.25) is 0 Å². The lowest BCUT2D eigenvalue weighted by Gasteiger charge is -2.19. The predicted octanol–water partition coefficient (Wildman–Crippen LogP) is 2.81. The van der Waals surface area contributed by atoms with E-state index in [0.717, 1.165) is 11.1 Å². The molecule has 0 aliphatic carbocycles. The number of benzene rings is 2. The van der Waals surface area contributed by atoms with E-state index in [9.17, 15) is 13.5 Å². The fourth-order valence-electron chi connectivity index (χ4n) is 2.64. The van der Waals surface area contributed by atoms with E-state index in [-0.39, 0.29) is 11.5 Å². The Hall–Kier alpha value is -2.77. The summed E-state index contributed by atoms with van der Waals surface area (Å²) in [5.74, 6) is 0.619. The van der Waals surface area contributed by atoms with Gasteiger partial charge in [-0.1, -0.05) is 30.3 Å². The minimum Gasteiger partial charge on any atom is -0.392 e. The van der Waals surface area contributed by atoms with E-state index in [1.165, 1.54) is 12.6 Å². The smallest absolute Gasteiger partial charge is 0.175 e. The predicted molar refractivity (Wildman–Crippen MR) is 101 cm³/mol. The Morgan fingerprint density at radius 2 is 1.81 bits per heavy atom. The third kappa shape index (κ3) is 3.74. The van der Waals surface area contributed by atoms with Gasteiger partial charge in [0.1, 0.15) is 12.1 Å². The van der Waals surface area contributed by atoms with Crippen molar-refractivity contribution in [1.82, 2.24) is 9.97 Å². The van der Waals surface area contributed by atoms with Gasteiger partial charge in [0.05, 0.1) is 17.2 Å². The lowest BCUT2D eigenvalue weighted by Crippen LogP contribution is -2.12. The van der Waals surface area contributed by atoms with Gasteiger partial charge in [-0.05, 0) is 23.8 Å². The van der Waals surface area contributed by atoms with Crippen molar-refractivity contribution < 1.29 is 13.5 Å². The van der Waals surface area contributed by atoms with Crippen molar-refractivity contribution in [2.45, 2.75) is 11.5 Å². The monoisotopic (exact) mass is 369 g/mol. The number of rotatable bonds is 5. The van der Waals surface area contributed by atoms with E-state index < -0.39 is 9.84 Å². The molecule has 0 atom stereocenters. The highest BCUT2D eigenvalue weighted by molar-refractivity contribution is 7.90. The minimum atomic E-state index is -3.29. The third-order valence-corrected chi connectivity index (χ3v) is 5.20. The molecule has 1 heterocycles. The van der Waals surface area contributed by atoms with Gasteiger partial charge in [0.25, 0.3) is 0 Å². The lowest BCUT2D eigenvalue weighted by molar-refractivity contribution is 0.282. The van der Waals surface area contributed by atoms with Crippen LogP contribution >= 0.6 is 0 Å². The van der Waals surface area contributed by atoms with E-state index in [1.54, 1.807) is 23.1 Å². The Kier molecular flexibility index (Phi) is 5.01. The molecule has 2 aromatic carbocycles. The number of sulfone groups is 1. The summed E-state index contributed by atoms with van der Waals surface area (Å²) in [6.45, 7) is -0.0816. The number of aromatic nitrogens is 2. The number of hydrogen-bond acceptors (Lipinski definition) is 6. The highest BCUT2D eigenvalue weighted by Gasteiger charge is 2.13. The van der Waals surface area contributed by atoms with E-state index in [2.05, 4.69) is 9.97 Å². The molecule has 0 spiro atoms. The number of hydrogen-bond donors (Lipinski definition) is 1. The van der Waals surface area contributed by atoms with Crippen LogP contribution in [0.2, 0.25) is 0 Å². The molecule has 6 nitrogen and oxygen atoms in total. The number of aliphatic hydroxyl groups excluding tert-OH is 1. The van der Waals surface area contributed by atoms with Gasteiger partial charge in [0, 0.05) is 30.6 Å². The molecule has 0 bridgehead atoms. The highest BCUT2D eigenvalue weighted by atomic mass is 32.2. The van der Waals surface area contributed by atoms with Gasteiger partial charge < -0.3 is 10.0 Å². The van der Waals surface area contributed by atoms with E-state index >= 15 is 0 Å². The van der Waals surface area contributed by atoms with Crippen LogP contribution in [0.3, 0.4) is 0 Å². The van der Waals surface area contributed by atoms with E-state index in [4.69, 9.17) is 0 Å². The average molecular weight is 369 g/mol. The Labute approximate surface area is 152 Å². The fraction of sp³-hybridized carbons (Fsp3) is 0.158. The first-order valence-electron chi connectivity index (χ1n) is 7.95. The van der Waals surface area contributed by atoms with Crippen molar-refractivity contribution >= 4 is 21.3 Å². The maximum atomic E-state index is 11.8. The summed E-state index contributed by atoms with van der Waals surface area (Å²) in [4.78, 5) is 10.6. The van der Waals surface area contributed by atoms with Crippen LogP contribution in [-0.4, -0.2) is 36.8 Å². The Balaban J connectivity index is 2.01. The summed E-state index contributed by atoms with van der Waals surface area (Å²) in [6.07, 6.45) is 2.64. The molecule has 0 saturated heterocycles. The second-order valence-electron chi connectivity index (χ2n) is 5.91. The summed E-state index contributed by atoms with van der Waals surface area (Å²) in [7, 11) is -1.48. The molecule has 0 aliphatic rings. The normalized spacial score (nSPS) is 11.3. The zero-order valence-corrected chi connectivity index (χ0v) is 15.3. The zero-order valence-electron chi connectivity index (χ0n) is 14.5. The molecule has 26 heavy (non-hydrogen) atoms. The largest absolute Gasteiger partial charge is 0.392 e. The molecular formula is C19H19N3O3S. The molecular weight excluding hydrogens is 350 g/mol. The first-order valence-corrected chi connectivity index (χ1v) is 9.84. The summed E-state index contributed by atoms with van der Waals surface area (Å²) < 4.78 is 23.6. The van der Waals surface area contributed by atoms with Crippen LogP contribution < -0.4 is 4.90 Å². The quantitative estimate of drug-likeness (QED) is 0.745. The van der Waals surface area contributed by atoms with Crippen LogP contribution in [0, 0.1) is 0 Å². The highest BCUT2D eigenvalue weighted by Crippen LogP contribution is 2.28. The molecule has 0 saturated carbocycles. The molecule has 0 unspecified atom stereocenters. The maximum absolute atomic E-state index is 11.8. The second kappa shape index (κ2) is 7.23. The van der Waals surface area contributed by atoms with Gasteiger partial charge in [0.15, 0.2) is 9.84 Å². The van der Waals surface area contributed by atoms with Crippen LogP contribution in [0.15, 0.2) is 65.8 Å². The van der Waals surface area contributed by atoms with Crippen LogP contribution in [0.4, 0.5) is 11.5 Å². The molecule has 134 valence electrons. The molecule has 0 radical (unpaired) electrons. The summed E-state index contributed by atoms with van der Waals surface area (Å²) in [5.41, 5.74) is 2.99. The Morgan fingerprint density at radius 1 is 1.04 bits per heavy atom. The van der Waals surface area contributed by atoms with Crippen molar-refractivity contribution in [2.75, 3.05) is 18.2 Å². The van der Waals surface area contributed by atoms with Crippen molar-refractivity contribution in [2.24, 2.45) is 0 Å². The number of aliphatic hydroxyl groups is 1. The number of anilines is 2. The molecule has 1 aromatic heterocycles. The maximum Gasteiger partial charge on any atom is 0.175 e. The van der Waals surface area contributed by atoms with Gasteiger partial charge in [-0.3, -0.25) is 0 Å². The van der Waals surface area contributed by atoms with Gasteiger partial charge in [-0.25, -0.2) is 18.4 Å². The van der Waals surface area contributed by atoms with Crippen molar-refractivity contribution in [3.05, 3.63) is 66.5 Å². The first kappa shape index (κ1) is 18.0. The van der Waals surface area contributed by atoms with Crippen molar-refractivity contribution in [1.29, 1.82) is 0 Å². The molecule has 0 fully saturated rings.